The first-order valence-electron chi connectivity index (χ1n) is 7.52. The van der Waals surface area contributed by atoms with Gasteiger partial charge in [-0.05, 0) is 45.7 Å². The summed E-state index contributed by atoms with van der Waals surface area (Å²) in [4.78, 5) is 13.8. The van der Waals surface area contributed by atoms with Crippen molar-refractivity contribution < 1.29 is 22.1 Å². The van der Waals surface area contributed by atoms with Crippen molar-refractivity contribution in [3.63, 3.8) is 0 Å². The number of aryl methyl sites for hydroxylation is 1. The van der Waals surface area contributed by atoms with Gasteiger partial charge >= 0.3 is 5.97 Å². The molecule has 1 fully saturated rings. The molecule has 6 nitrogen and oxygen atoms in total. The normalized spacial score (nSPS) is 19.2. The molecule has 0 N–H and O–H groups in total. The predicted molar refractivity (Wildman–Crippen MR) is 85.3 cm³/mol. The fourth-order valence-electron chi connectivity index (χ4n) is 2.27. The molecule has 1 aliphatic heterocycles. The summed E-state index contributed by atoms with van der Waals surface area (Å²) in [5.74, 6) is -0.347. The van der Waals surface area contributed by atoms with Gasteiger partial charge in [0.25, 0.3) is 10.1 Å². The van der Waals surface area contributed by atoms with Crippen LogP contribution in [-0.2, 0) is 23.8 Å². The summed E-state index contributed by atoms with van der Waals surface area (Å²) in [7, 11) is -3.84. The van der Waals surface area contributed by atoms with Crippen LogP contribution in [0, 0.1) is 6.92 Å². The van der Waals surface area contributed by atoms with Crippen molar-refractivity contribution in [2.45, 2.75) is 50.7 Å². The Morgan fingerprint density at radius 1 is 1.30 bits per heavy atom. The van der Waals surface area contributed by atoms with E-state index in [1.165, 1.54) is 6.07 Å². The highest BCUT2D eigenvalue weighted by molar-refractivity contribution is 7.86. The van der Waals surface area contributed by atoms with Crippen molar-refractivity contribution in [2.75, 3.05) is 13.3 Å². The first kappa shape index (κ1) is 17.9. The molecule has 0 aromatic heterocycles. The van der Waals surface area contributed by atoms with Gasteiger partial charge in [0.2, 0.25) is 0 Å². The SMILES string of the molecule is Cc1ccccc1S(=O)(=O)OCN1CC[C@H]1C(=O)OC(C)(C)C. The number of likely N-dealkylation sites (tertiary alicyclic amines) is 1. The van der Waals surface area contributed by atoms with Gasteiger partial charge in [0.15, 0.2) is 0 Å². The van der Waals surface area contributed by atoms with Gasteiger partial charge in [-0.25, -0.2) is 0 Å². The van der Waals surface area contributed by atoms with Crippen LogP contribution < -0.4 is 0 Å². The third kappa shape index (κ3) is 4.53. The van der Waals surface area contributed by atoms with E-state index in [9.17, 15) is 13.2 Å². The van der Waals surface area contributed by atoms with E-state index >= 15 is 0 Å². The molecular weight excluding hydrogens is 318 g/mol. The molecule has 0 radical (unpaired) electrons. The van der Waals surface area contributed by atoms with E-state index in [-0.39, 0.29) is 17.6 Å². The molecule has 0 saturated carbocycles. The Bertz CT molecular complexity index is 678. The standard InChI is InChI=1S/C16H23NO5S/c1-12-7-5-6-8-14(12)23(19,20)21-11-17-10-9-13(17)15(18)22-16(2,3)4/h5-8,13H,9-11H2,1-4H3/t13-/m0/s1. The first-order valence-corrected chi connectivity index (χ1v) is 8.93. The van der Waals surface area contributed by atoms with Crippen LogP contribution in [0.15, 0.2) is 29.2 Å². The zero-order chi connectivity index (χ0) is 17.3. The third-order valence-electron chi connectivity index (χ3n) is 3.55. The molecule has 7 heteroatoms. The third-order valence-corrected chi connectivity index (χ3v) is 4.96. The molecule has 128 valence electrons. The Morgan fingerprint density at radius 2 is 1.96 bits per heavy atom. The predicted octanol–water partition coefficient (Wildman–Crippen LogP) is 2.07. The Kier molecular flexibility index (Phi) is 5.13. The quantitative estimate of drug-likeness (QED) is 0.603. The number of nitrogens with zero attached hydrogens (tertiary/aromatic N) is 1. The van der Waals surface area contributed by atoms with E-state index < -0.39 is 21.8 Å². The van der Waals surface area contributed by atoms with Crippen molar-refractivity contribution in [1.29, 1.82) is 0 Å². The lowest BCUT2D eigenvalue weighted by molar-refractivity contribution is -0.168. The van der Waals surface area contributed by atoms with E-state index in [0.717, 1.165) is 0 Å². The van der Waals surface area contributed by atoms with Gasteiger partial charge in [-0.1, -0.05) is 18.2 Å². The Morgan fingerprint density at radius 3 is 2.48 bits per heavy atom. The van der Waals surface area contributed by atoms with Crippen LogP contribution in [0.1, 0.15) is 32.8 Å². The van der Waals surface area contributed by atoms with Crippen molar-refractivity contribution in [1.82, 2.24) is 4.90 Å². The van der Waals surface area contributed by atoms with Crippen LogP contribution in [0.25, 0.3) is 0 Å². The maximum absolute atomic E-state index is 12.2. The van der Waals surface area contributed by atoms with Crippen molar-refractivity contribution in [2.24, 2.45) is 0 Å². The lowest BCUT2D eigenvalue weighted by atomic mass is 10.0. The van der Waals surface area contributed by atoms with Crippen molar-refractivity contribution in [3.8, 4) is 0 Å². The molecule has 0 aliphatic carbocycles. The van der Waals surface area contributed by atoms with Gasteiger partial charge in [0.05, 0.1) is 4.90 Å². The second-order valence-corrected chi connectivity index (χ2v) is 8.20. The fourth-order valence-corrected chi connectivity index (χ4v) is 3.38. The molecule has 2 rings (SSSR count). The first-order chi connectivity index (χ1) is 10.6. The number of benzene rings is 1. The smallest absolute Gasteiger partial charge is 0.323 e. The minimum Gasteiger partial charge on any atom is -0.459 e. The summed E-state index contributed by atoms with van der Waals surface area (Å²) in [5, 5.41) is 0. The average molecular weight is 341 g/mol. The van der Waals surface area contributed by atoms with Crippen molar-refractivity contribution in [3.05, 3.63) is 29.8 Å². The highest BCUT2D eigenvalue weighted by Gasteiger charge is 2.38. The number of hydrogen-bond donors (Lipinski definition) is 0. The maximum Gasteiger partial charge on any atom is 0.323 e. The molecule has 23 heavy (non-hydrogen) atoms. The van der Waals surface area contributed by atoms with E-state index in [2.05, 4.69) is 0 Å². The summed E-state index contributed by atoms with van der Waals surface area (Å²) in [5.41, 5.74) is 0.0617. The van der Waals surface area contributed by atoms with Gasteiger partial charge in [-0.3, -0.25) is 13.9 Å². The Labute approximate surface area is 137 Å². The summed E-state index contributed by atoms with van der Waals surface area (Å²) < 4.78 is 34.9. The Hall–Kier alpha value is -1.44. The molecule has 1 aromatic rings. The molecule has 1 aromatic carbocycles. The largest absolute Gasteiger partial charge is 0.459 e. The monoisotopic (exact) mass is 341 g/mol. The van der Waals surface area contributed by atoms with Gasteiger partial charge in [-0.2, -0.15) is 8.42 Å². The van der Waals surface area contributed by atoms with Gasteiger partial charge < -0.3 is 4.74 Å². The number of hydrogen-bond acceptors (Lipinski definition) is 6. The summed E-state index contributed by atoms with van der Waals surface area (Å²) in [6, 6.07) is 6.19. The lowest BCUT2D eigenvalue weighted by Crippen LogP contribution is -2.54. The molecule has 0 spiro atoms. The maximum atomic E-state index is 12.2. The van der Waals surface area contributed by atoms with E-state index in [1.54, 1.807) is 50.8 Å². The highest BCUT2D eigenvalue weighted by Crippen LogP contribution is 2.23. The van der Waals surface area contributed by atoms with Crippen LogP contribution in [0.4, 0.5) is 0 Å². The molecule has 1 heterocycles. The summed E-state index contributed by atoms with van der Waals surface area (Å²) in [6.45, 7) is 7.56. The van der Waals surface area contributed by atoms with Gasteiger partial charge in [0.1, 0.15) is 18.4 Å². The van der Waals surface area contributed by atoms with E-state index in [0.29, 0.717) is 18.5 Å². The minimum atomic E-state index is -3.84. The summed E-state index contributed by atoms with van der Waals surface area (Å²) >= 11 is 0. The highest BCUT2D eigenvalue weighted by atomic mass is 32.2. The topological polar surface area (TPSA) is 72.9 Å². The number of rotatable bonds is 5. The molecule has 0 unspecified atom stereocenters. The second kappa shape index (κ2) is 6.59. The zero-order valence-corrected chi connectivity index (χ0v) is 14.7. The number of ether oxygens (including phenoxy) is 1. The molecule has 1 atom stereocenters. The lowest BCUT2D eigenvalue weighted by Gasteiger charge is -2.39. The Balaban J connectivity index is 1.96. The minimum absolute atomic E-state index is 0.148. The second-order valence-electron chi connectivity index (χ2n) is 6.62. The molecule has 1 saturated heterocycles. The van der Waals surface area contributed by atoms with E-state index in [4.69, 9.17) is 8.92 Å². The van der Waals surface area contributed by atoms with Gasteiger partial charge in [0, 0.05) is 6.54 Å². The summed E-state index contributed by atoms with van der Waals surface area (Å²) in [6.07, 6.45) is 0.642. The van der Waals surface area contributed by atoms with E-state index in [1.807, 2.05) is 0 Å². The van der Waals surface area contributed by atoms with Crippen molar-refractivity contribution >= 4 is 16.1 Å². The number of esters is 1. The van der Waals surface area contributed by atoms with Crippen LogP contribution >= 0.6 is 0 Å². The molecule has 0 bridgehead atoms. The van der Waals surface area contributed by atoms with Crippen LogP contribution in [0.3, 0.4) is 0 Å². The van der Waals surface area contributed by atoms with Gasteiger partial charge in [-0.15, -0.1) is 0 Å². The average Bonchev–Trinajstić information content (AvgIpc) is 2.35. The molecule has 1 aliphatic rings. The van der Waals surface area contributed by atoms with Crippen LogP contribution in [0.5, 0.6) is 0 Å². The number of carbonyl (C=O) groups is 1. The molecule has 0 amide bonds. The zero-order valence-electron chi connectivity index (χ0n) is 13.9. The fraction of sp³-hybridized carbons (Fsp3) is 0.562. The number of carbonyl (C=O) groups excluding carboxylic acids is 1. The van der Waals surface area contributed by atoms with Crippen LogP contribution in [0.2, 0.25) is 0 Å². The van der Waals surface area contributed by atoms with Crippen LogP contribution in [-0.4, -0.2) is 44.2 Å². The molecular formula is C16H23NO5S.